The number of anilines is 2. The molecule has 0 aliphatic carbocycles. The Morgan fingerprint density at radius 2 is 2.17 bits per heavy atom. The van der Waals surface area contributed by atoms with Crippen molar-refractivity contribution in [3.63, 3.8) is 0 Å². The normalized spacial score (nSPS) is 14.4. The van der Waals surface area contributed by atoms with Crippen molar-refractivity contribution >= 4 is 50.5 Å². The Morgan fingerprint density at radius 1 is 1.44 bits per heavy atom. The highest BCUT2D eigenvalue weighted by Crippen LogP contribution is 2.36. The summed E-state index contributed by atoms with van der Waals surface area (Å²) in [6.45, 7) is -0.129. The minimum Gasteiger partial charge on any atom is -0.482 e. The Kier molecular flexibility index (Phi) is 3.56. The lowest BCUT2D eigenvalue weighted by atomic mass is 10.2. The average Bonchev–Trinajstić information content (AvgIpc) is 2.30. The zero-order valence-corrected chi connectivity index (χ0v) is 11.2. The van der Waals surface area contributed by atoms with Crippen molar-refractivity contribution in [1.82, 2.24) is 0 Å². The van der Waals surface area contributed by atoms with E-state index in [4.69, 9.17) is 27.9 Å². The molecule has 1 aromatic carbocycles. The van der Waals surface area contributed by atoms with E-state index in [1.807, 2.05) is 0 Å². The molecule has 2 rings (SSSR count). The van der Waals surface area contributed by atoms with Crippen LogP contribution in [0.2, 0.25) is 5.02 Å². The van der Waals surface area contributed by atoms with Gasteiger partial charge in [0.15, 0.2) is 6.61 Å². The summed E-state index contributed by atoms with van der Waals surface area (Å²) in [5, 5.41) is 2.10. The van der Waals surface area contributed by atoms with Crippen molar-refractivity contribution in [2.24, 2.45) is 0 Å². The minimum absolute atomic E-state index is 0.129. The fourth-order valence-electron chi connectivity index (χ4n) is 1.37. The van der Waals surface area contributed by atoms with Crippen molar-refractivity contribution in [2.45, 2.75) is 0 Å². The van der Waals surface area contributed by atoms with E-state index in [9.17, 15) is 13.2 Å². The van der Waals surface area contributed by atoms with E-state index >= 15 is 0 Å². The number of alkyl halides is 1. The highest BCUT2D eigenvalue weighted by Gasteiger charge is 2.20. The maximum absolute atomic E-state index is 11.3. The molecular formula is C9H8Cl2N2O4S. The molecule has 0 spiro atoms. The van der Waals surface area contributed by atoms with Crippen LogP contribution in [0.25, 0.3) is 0 Å². The molecule has 98 valence electrons. The molecule has 1 aromatic rings. The van der Waals surface area contributed by atoms with Gasteiger partial charge in [-0.1, -0.05) is 11.6 Å². The second-order valence-corrected chi connectivity index (χ2v) is 6.20. The third kappa shape index (κ3) is 2.80. The number of benzene rings is 1. The number of rotatable bonds is 3. The molecule has 0 unspecified atom stereocenters. The molecular weight excluding hydrogens is 303 g/mol. The molecule has 0 saturated heterocycles. The lowest BCUT2D eigenvalue weighted by Gasteiger charge is -2.19. The predicted octanol–water partition coefficient (Wildman–Crippen LogP) is 1.61. The monoisotopic (exact) mass is 310 g/mol. The molecule has 1 heterocycles. The third-order valence-electron chi connectivity index (χ3n) is 2.11. The molecule has 1 amide bonds. The quantitative estimate of drug-likeness (QED) is 0.831. The highest BCUT2D eigenvalue weighted by molar-refractivity contribution is 7.93. The number of halogens is 2. The smallest absolute Gasteiger partial charge is 0.262 e. The van der Waals surface area contributed by atoms with Gasteiger partial charge in [-0.2, -0.15) is 0 Å². The van der Waals surface area contributed by atoms with Crippen LogP contribution >= 0.6 is 23.2 Å². The minimum atomic E-state index is -3.64. The van der Waals surface area contributed by atoms with Crippen LogP contribution in [0, 0.1) is 0 Å². The summed E-state index contributed by atoms with van der Waals surface area (Å²) >= 11 is 11.2. The van der Waals surface area contributed by atoms with Gasteiger partial charge in [-0.05, 0) is 6.07 Å². The van der Waals surface area contributed by atoms with Gasteiger partial charge in [-0.3, -0.25) is 9.52 Å². The van der Waals surface area contributed by atoms with E-state index in [1.165, 1.54) is 12.1 Å². The van der Waals surface area contributed by atoms with Gasteiger partial charge in [-0.25, -0.2) is 8.42 Å². The summed E-state index contributed by atoms with van der Waals surface area (Å²) in [4.78, 5) is 11.1. The standard InChI is InChI=1S/C9H8Cl2N2O4S/c10-4-18(15,16)13-6-2-8-7(1-5(6)11)12-9(14)3-17-8/h1-2,13H,3-4H2,(H,12,14). The molecule has 9 heteroatoms. The largest absolute Gasteiger partial charge is 0.482 e. The van der Waals surface area contributed by atoms with Crippen LogP contribution in [0.15, 0.2) is 12.1 Å². The lowest BCUT2D eigenvalue weighted by Crippen LogP contribution is -2.25. The number of hydrogen-bond donors (Lipinski definition) is 2. The molecule has 0 bridgehead atoms. The zero-order chi connectivity index (χ0) is 13.3. The summed E-state index contributed by atoms with van der Waals surface area (Å²) in [7, 11) is -3.64. The van der Waals surface area contributed by atoms with Crippen LogP contribution in [0.3, 0.4) is 0 Å². The van der Waals surface area contributed by atoms with E-state index in [0.717, 1.165) is 0 Å². The van der Waals surface area contributed by atoms with Crippen molar-refractivity contribution in [2.75, 3.05) is 21.9 Å². The summed E-state index contributed by atoms with van der Waals surface area (Å²) in [5.74, 6) is 0.0407. The number of nitrogens with one attached hydrogen (secondary N) is 2. The molecule has 0 atom stereocenters. The van der Waals surface area contributed by atoms with Gasteiger partial charge in [0.05, 0.1) is 16.4 Å². The molecule has 0 aromatic heterocycles. The predicted molar refractivity (Wildman–Crippen MR) is 68.8 cm³/mol. The Bertz CT molecular complexity index is 603. The first-order chi connectivity index (χ1) is 8.41. The fourth-order valence-corrected chi connectivity index (χ4v) is 2.36. The van der Waals surface area contributed by atoms with E-state index in [0.29, 0.717) is 11.4 Å². The Hall–Kier alpha value is -1.18. The number of sulfonamides is 1. The SMILES string of the molecule is O=C1COc2cc(NS(=O)(=O)CCl)c(Cl)cc2N1. The van der Waals surface area contributed by atoms with E-state index < -0.39 is 15.2 Å². The van der Waals surface area contributed by atoms with Gasteiger partial charge < -0.3 is 10.1 Å². The van der Waals surface area contributed by atoms with Crippen LogP contribution in [-0.2, 0) is 14.8 Å². The average molecular weight is 311 g/mol. The fraction of sp³-hybridized carbons (Fsp3) is 0.222. The Morgan fingerprint density at radius 3 is 2.83 bits per heavy atom. The van der Waals surface area contributed by atoms with Crippen LogP contribution in [0.1, 0.15) is 0 Å². The summed E-state index contributed by atoms with van der Waals surface area (Å²) in [5.41, 5.74) is 0.539. The van der Waals surface area contributed by atoms with Crippen molar-refractivity contribution < 1.29 is 17.9 Å². The molecule has 18 heavy (non-hydrogen) atoms. The molecule has 1 aliphatic rings. The molecule has 0 saturated carbocycles. The van der Waals surface area contributed by atoms with Crippen LogP contribution in [-0.4, -0.2) is 26.1 Å². The first-order valence-corrected chi connectivity index (χ1v) is 7.30. The van der Waals surface area contributed by atoms with Gasteiger partial charge in [0.25, 0.3) is 5.91 Å². The van der Waals surface area contributed by atoms with Gasteiger partial charge >= 0.3 is 0 Å². The second kappa shape index (κ2) is 4.83. The first-order valence-electron chi connectivity index (χ1n) is 4.74. The van der Waals surface area contributed by atoms with Gasteiger partial charge in [0.2, 0.25) is 10.0 Å². The number of fused-ring (bicyclic) bond motifs is 1. The first kappa shape index (κ1) is 13.3. The Balaban J connectivity index is 2.37. The molecule has 0 radical (unpaired) electrons. The zero-order valence-electron chi connectivity index (χ0n) is 8.87. The molecule has 1 aliphatic heterocycles. The van der Waals surface area contributed by atoms with Crippen molar-refractivity contribution in [1.29, 1.82) is 0 Å². The molecule has 0 fully saturated rings. The van der Waals surface area contributed by atoms with E-state index in [1.54, 1.807) is 0 Å². The summed E-state index contributed by atoms with van der Waals surface area (Å²) in [6, 6.07) is 2.79. The maximum atomic E-state index is 11.3. The highest BCUT2D eigenvalue weighted by atomic mass is 35.5. The van der Waals surface area contributed by atoms with Gasteiger partial charge in [0.1, 0.15) is 11.0 Å². The molecule has 2 N–H and O–H groups in total. The van der Waals surface area contributed by atoms with Gasteiger partial charge in [0, 0.05) is 6.07 Å². The van der Waals surface area contributed by atoms with Crippen LogP contribution in [0.4, 0.5) is 11.4 Å². The summed E-state index contributed by atoms with van der Waals surface area (Å²) < 4.78 is 30.0. The number of amides is 1. The lowest BCUT2D eigenvalue weighted by molar-refractivity contribution is -0.118. The van der Waals surface area contributed by atoms with Crippen molar-refractivity contribution in [3.05, 3.63) is 17.2 Å². The van der Waals surface area contributed by atoms with Gasteiger partial charge in [-0.15, -0.1) is 11.6 Å². The maximum Gasteiger partial charge on any atom is 0.262 e. The summed E-state index contributed by atoms with van der Waals surface area (Å²) in [6.07, 6.45) is 0. The number of hydrogen-bond acceptors (Lipinski definition) is 4. The Labute approximate surface area is 113 Å². The number of carbonyl (C=O) groups is 1. The topological polar surface area (TPSA) is 84.5 Å². The number of ether oxygens (including phenoxy) is 1. The number of carbonyl (C=O) groups excluding carboxylic acids is 1. The van der Waals surface area contributed by atoms with Crippen LogP contribution < -0.4 is 14.8 Å². The van der Waals surface area contributed by atoms with Crippen molar-refractivity contribution in [3.8, 4) is 5.75 Å². The molecule has 6 nitrogen and oxygen atoms in total. The van der Waals surface area contributed by atoms with E-state index in [-0.39, 0.29) is 23.2 Å². The van der Waals surface area contributed by atoms with E-state index in [2.05, 4.69) is 10.0 Å². The third-order valence-corrected chi connectivity index (χ3v) is 4.10. The van der Waals surface area contributed by atoms with Crippen LogP contribution in [0.5, 0.6) is 5.75 Å². The second-order valence-electron chi connectivity index (χ2n) is 3.49.